The van der Waals surface area contributed by atoms with Gasteiger partial charge in [-0.1, -0.05) is 28.1 Å². The Balaban J connectivity index is 2.13. The molecule has 1 saturated carbocycles. The van der Waals surface area contributed by atoms with E-state index in [-0.39, 0.29) is 0 Å². The number of aromatic nitrogens is 2. The number of aryl methyl sites for hydroxylation is 1. The van der Waals surface area contributed by atoms with Crippen LogP contribution in [0.15, 0.2) is 28.7 Å². The molecule has 0 saturated heterocycles. The number of hydrogen-bond acceptors (Lipinski definition) is 2. The van der Waals surface area contributed by atoms with Crippen LogP contribution in [0.5, 0.6) is 0 Å². The number of halogens is 1. The van der Waals surface area contributed by atoms with Crippen molar-refractivity contribution in [1.29, 1.82) is 0 Å². The van der Waals surface area contributed by atoms with Crippen molar-refractivity contribution in [2.45, 2.75) is 25.7 Å². The maximum atomic E-state index is 5.26. The molecular weight excluding hydrogens is 308 g/mol. The first-order valence-corrected chi connectivity index (χ1v) is 7.21. The molecule has 0 radical (unpaired) electrons. The van der Waals surface area contributed by atoms with E-state index in [0.29, 0.717) is 10.6 Å². The number of hydrogen-bond donors (Lipinski definition) is 1. The lowest BCUT2D eigenvalue weighted by Gasteiger charge is -2.08. The third-order valence-electron chi connectivity index (χ3n) is 3.22. The van der Waals surface area contributed by atoms with Gasteiger partial charge in [0.2, 0.25) is 0 Å². The minimum atomic E-state index is 0.657. The zero-order valence-electron chi connectivity index (χ0n) is 10.0. The summed E-state index contributed by atoms with van der Waals surface area (Å²) in [5.41, 5.74) is 3.54. The minimum Gasteiger partial charge on any atom is -0.343 e. The number of rotatable bonds is 2. The van der Waals surface area contributed by atoms with E-state index < -0.39 is 0 Å². The van der Waals surface area contributed by atoms with Crippen molar-refractivity contribution in [3.63, 3.8) is 0 Å². The van der Waals surface area contributed by atoms with Crippen molar-refractivity contribution in [2.24, 2.45) is 0 Å². The summed E-state index contributed by atoms with van der Waals surface area (Å²) in [6.45, 7) is 2.09. The molecule has 1 aliphatic carbocycles. The highest BCUT2D eigenvalue weighted by Crippen LogP contribution is 2.39. The van der Waals surface area contributed by atoms with Crippen LogP contribution in [0, 0.1) is 11.6 Å². The molecule has 1 N–H and O–H groups in total. The Hall–Kier alpha value is -1.00. The average Bonchev–Trinajstić information content (AvgIpc) is 3.11. The molecule has 0 unspecified atom stereocenters. The third-order valence-corrected chi connectivity index (χ3v) is 3.93. The lowest BCUT2D eigenvalue weighted by atomic mass is 10.1. The first-order valence-electron chi connectivity index (χ1n) is 6.01. The van der Waals surface area contributed by atoms with Crippen molar-refractivity contribution in [2.75, 3.05) is 0 Å². The van der Waals surface area contributed by atoms with Gasteiger partial charge in [0.1, 0.15) is 10.5 Å². The monoisotopic (exact) mass is 320 g/mol. The largest absolute Gasteiger partial charge is 0.343 e. The SMILES string of the molecule is Cc1cc(Br)ccc1-c1nc(=S)cc(C2CC2)[nH]1. The fourth-order valence-corrected chi connectivity index (χ4v) is 2.80. The Labute approximate surface area is 120 Å². The summed E-state index contributed by atoms with van der Waals surface area (Å²) in [4.78, 5) is 7.88. The van der Waals surface area contributed by atoms with Crippen molar-refractivity contribution in [1.82, 2.24) is 9.97 Å². The molecule has 0 spiro atoms. The minimum absolute atomic E-state index is 0.657. The maximum absolute atomic E-state index is 5.26. The van der Waals surface area contributed by atoms with Crippen molar-refractivity contribution < 1.29 is 0 Å². The smallest absolute Gasteiger partial charge is 0.139 e. The molecule has 92 valence electrons. The number of nitrogens with one attached hydrogen (secondary N) is 1. The lowest BCUT2D eigenvalue weighted by molar-refractivity contribution is 0.987. The average molecular weight is 321 g/mol. The Kier molecular flexibility index (Phi) is 3.08. The van der Waals surface area contributed by atoms with Crippen LogP contribution >= 0.6 is 28.1 Å². The number of benzene rings is 1. The number of aromatic amines is 1. The second-order valence-electron chi connectivity index (χ2n) is 4.76. The zero-order valence-corrected chi connectivity index (χ0v) is 12.4. The van der Waals surface area contributed by atoms with Gasteiger partial charge >= 0.3 is 0 Å². The second kappa shape index (κ2) is 4.59. The van der Waals surface area contributed by atoms with E-state index in [0.717, 1.165) is 15.9 Å². The van der Waals surface area contributed by atoms with Gasteiger partial charge in [0, 0.05) is 15.7 Å². The van der Waals surface area contributed by atoms with Gasteiger partial charge in [-0.2, -0.15) is 0 Å². The predicted octanol–water partition coefficient (Wildman–Crippen LogP) is 4.75. The molecule has 1 fully saturated rings. The molecule has 0 bridgehead atoms. The van der Waals surface area contributed by atoms with Gasteiger partial charge in [0.05, 0.1) is 0 Å². The quantitative estimate of drug-likeness (QED) is 0.808. The van der Waals surface area contributed by atoms with E-state index in [1.807, 2.05) is 12.1 Å². The molecule has 2 nitrogen and oxygen atoms in total. The first kappa shape index (κ1) is 12.1. The number of nitrogens with zero attached hydrogens (tertiary/aromatic N) is 1. The first-order chi connectivity index (χ1) is 8.63. The number of H-pyrrole nitrogens is 1. The highest BCUT2D eigenvalue weighted by Gasteiger charge is 2.24. The Morgan fingerprint density at radius 2 is 2.11 bits per heavy atom. The van der Waals surface area contributed by atoms with Crippen LogP contribution in [-0.4, -0.2) is 9.97 Å². The van der Waals surface area contributed by atoms with Gasteiger partial charge in [-0.25, -0.2) is 4.98 Å². The van der Waals surface area contributed by atoms with Crippen LogP contribution in [-0.2, 0) is 0 Å². The fourth-order valence-electron chi connectivity index (χ4n) is 2.11. The van der Waals surface area contributed by atoms with Gasteiger partial charge in [-0.3, -0.25) is 0 Å². The molecular formula is C14H13BrN2S. The maximum Gasteiger partial charge on any atom is 0.139 e. The summed E-state index contributed by atoms with van der Waals surface area (Å²) in [6, 6.07) is 8.19. The summed E-state index contributed by atoms with van der Waals surface area (Å²) >= 11 is 8.74. The van der Waals surface area contributed by atoms with E-state index in [2.05, 4.69) is 45.0 Å². The normalized spacial score (nSPS) is 14.8. The van der Waals surface area contributed by atoms with Gasteiger partial charge in [-0.15, -0.1) is 0 Å². The van der Waals surface area contributed by atoms with Crippen LogP contribution in [0.25, 0.3) is 11.4 Å². The zero-order chi connectivity index (χ0) is 12.7. The fraction of sp³-hybridized carbons (Fsp3) is 0.286. The molecule has 3 rings (SSSR count). The summed E-state index contributed by atoms with van der Waals surface area (Å²) in [6.07, 6.45) is 2.52. The Bertz CT molecular complexity index is 659. The topological polar surface area (TPSA) is 28.7 Å². The molecule has 1 aromatic heterocycles. The summed E-state index contributed by atoms with van der Waals surface area (Å²) < 4.78 is 1.76. The summed E-state index contributed by atoms with van der Waals surface area (Å²) in [5, 5.41) is 0. The Morgan fingerprint density at radius 1 is 1.33 bits per heavy atom. The standard InChI is InChI=1S/C14H13BrN2S/c1-8-6-10(15)4-5-11(8)14-16-12(9-2-3-9)7-13(18)17-14/h4-7,9H,2-3H2,1H3,(H,16,17,18). The Morgan fingerprint density at radius 3 is 2.78 bits per heavy atom. The molecule has 2 aromatic rings. The van der Waals surface area contributed by atoms with Gasteiger partial charge in [0.15, 0.2) is 0 Å². The highest BCUT2D eigenvalue weighted by atomic mass is 79.9. The van der Waals surface area contributed by atoms with Gasteiger partial charge in [0.25, 0.3) is 0 Å². The lowest BCUT2D eigenvalue weighted by Crippen LogP contribution is -1.96. The van der Waals surface area contributed by atoms with Crippen molar-refractivity contribution >= 4 is 28.1 Å². The highest BCUT2D eigenvalue weighted by molar-refractivity contribution is 9.10. The van der Waals surface area contributed by atoms with Crippen LogP contribution < -0.4 is 0 Å². The van der Waals surface area contributed by atoms with Crippen LogP contribution in [0.3, 0.4) is 0 Å². The second-order valence-corrected chi connectivity index (χ2v) is 6.09. The van der Waals surface area contributed by atoms with E-state index in [1.54, 1.807) is 0 Å². The van der Waals surface area contributed by atoms with Gasteiger partial charge < -0.3 is 4.98 Å². The van der Waals surface area contributed by atoms with E-state index in [4.69, 9.17) is 12.2 Å². The molecule has 4 heteroatoms. The summed E-state index contributed by atoms with van der Waals surface area (Å²) in [5.74, 6) is 1.54. The molecule has 1 heterocycles. The van der Waals surface area contributed by atoms with E-state index >= 15 is 0 Å². The van der Waals surface area contributed by atoms with Crippen LogP contribution in [0.1, 0.15) is 30.0 Å². The van der Waals surface area contributed by atoms with Gasteiger partial charge in [-0.05, 0) is 55.5 Å². The predicted molar refractivity (Wildman–Crippen MR) is 79.3 cm³/mol. The van der Waals surface area contributed by atoms with Crippen molar-refractivity contribution in [3.05, 3.63) is 44.6 Å². The van der Waals surface area contributed by atoms with Crippen LogP contribution in [0.2, 0.25) is 0 Å². The van der Waals surface area contributed by atoms with Crippen molar-refractivity contribution in [3.8, 4) is 11.4 Å². The molecule has 18 heavy (non-hydrogen) atoms. The van der Waals surface area contributed by atoms with Crippen LogP contribution in [0.4, 0.5) is 0 Å². The molecule has 0 amide bonds. The van der Waals surface area contributed by atoms with E-state index in [1.165, 1.54) is 24.1 Å². The molecule has 1 aliphatic rings. The summed E-state index contributed by atoms with van der Waals surface area (Å²) in [7, 11) is 0. The third kappa shape index (κ3) is 2.40. The molecule has 0 aliphatic heterocycles. The molecule has 0 atom stereocenters. The van der Waals surface area contributed by atoms with E-state index in [9.17, 15) is 0 Å². The molecule has 1 aromatic carbocycles.